The first kappa shape index (κ1) is 22.0. The first-order valence-corrected chi connectivity index (χ1v) is 11.5. The summed E-state index contributed by atoms with van der Waals surface area (Å²) >= 11 is 2.63. The van der Waals surface area contributed by atoms with Crippen molar-refractivity contribution in [2.45, 2.75) is 4.34 Å². The Morgan fingerprint density at radius 3 is 2.71 bits per heavy atom. The van der Waals surface area contributed by atoms with Crippen LogP contribution in [-0.2, 0) is 14.8 Å². The Balaban J connectivity index is 2.20. The number of methoxy groups -OCH3 is 2. The van der Waals surface area contributed by atoms with Gasteiger partial charge in [-0.15, -0.1) is 16.8 Å². The van der Waals surface area contributed by atoms with Crippen LogP contribution in [-0.4, -0.2) is 57.3 Å². The Kier molecular flexibility index (Phi) is 7.66. The first-order chi connectivity index (χ1) is 13.3. The van der Waals surface area contributed by atoms with E-state index in [1.807, 2.05) is 0 Å². The van der Waals surface area contributed by atoms with Gasteiger partial charge in [-0.1, -0.05) is 29.2 Å². The number of thioether (sulfide) groups is 1. The van der Waals surface area contributed by atoms with Crippen molar-refractivity contribution in [2.24, 2.45) is 0 Å². The van der Waals surface area contributed by atoms with Crippen molar-refractivity contribution in [1.82, 2.24) is 10.2 Å². The lowest BCUT2D eigenvalue weighted by Gasteiger charge is -2.23. The van der Waals surface area contributed by atoms with E-state index in [0.717, 1.165) is 10.6 Å². The minimum absolute atomic E-state index is 0.223. The van der Waals surface area contributed by atoms with Crippen LogP contribution in [0.25, 0.3) is 0 Å². The van der Waals surface area contributed by atoms with Gasteiger partial charge in [0, 0.05) is 11.8 Å². The molecule has 0 bridgehead atoms. The van der Waals surface area contributed by atoms with Crippen LogP contribution in [0.1, 0.15) is 0 Å². The molecule has 1 N–H and O–H groups in total. The van der Waals surface area contributed by atoms with E-state index >= 15 is 0 Å². The molecule has 0 saturated heterocycles. The lowest BCUT2D eigenvalue weighted by atomic mass is 10.2. The first-order valence-electron chi connectivity index (χ1n) is 7.85. The van der Waals surface area contributed by atoms with Gasteiger partial charge in [0.15, 0.2) is 4.34 Å². The topological polar surface area (TPSA) is 111 Å². The summed E-state index contributed by atoms with van der Waals surface area (Å²) in [5.41, 5.74) is 0.223. The van der Waals surface area contributed by atoms with Crippen molar-refractivity contribution in [3.05, 3.63) is 30.9 Å². The van der Waals surface area contributed by atoms with Crippen LogP contribution in [0.3, 0.4) is 0 Å². The number of amides is 1. The second kappa shape index (κ2) is 9.75. The SMILES string of the molecule is C=CCSc1nnc(NC(=O)CN(c2ccc(OC)cc2OC)S(C)(=O)=O)s1. The van der Waals surface area contributed by atoms with Crippen molar-refractivity contribution >= 4 is 49.8 Å². The molecule has 1 aromatic heterocycles. The predicted molar refractivity (Wildman–Crippen MR) is 111 cm³/mol. The maximum atomic E-state index is 12.4. The fourth-order valence-corrected chi connectivity index (χ4v) is 4.50. The van der Waals surface area contributed by atoms with Crippen LogP contribution in [0, 0.1) is 0 Å². The number of ether oxygens (including phenoxy) is 2. The summed E-state index contributed by atoms with van der Waals surface area (Å²) in [7, 11) is -0.869. The van der Waals surface area contributed by atoms with Crippen LogP contribution in [0.2, 0.25) is 0 Å². The molecule has 152 valence electrons. The molecule has 0 aliphatic heterocycles. The third-order valence-electron chi connectivity index (χ3n) is 3.32. The minimum atomic E-state index is -3.76. The Hall–Kier alpha value is -2.31. The van der Waals surface area contributed by atoms with Gasteiger partial charge in [-0.3, -0.25) is 14.4 Å². The van der Waals surface area contributed by atoms with E-state index in [2.05, 4.69) is 22.1 Å². The fourth-order valence-electron chi connectivity index (χ4n) is 2.11. The largest absolute Gasteiger partial charge is 0.497 e. The monoisotopic (exact) mass is 444 g/mol. The van der Waals surface area contributed by atoms with Gasteiger partial charge < -0.3 is 9.47 Å². The Morgan fingerprint density at radius 2 is 2.11 bits per heavy atom. The molecule has 1 amide bonds. The lowest BCUT2D eigenvalue weighted by Crippen LogP contribution is -2.37. The van der Waals surface area contributed by atoms with Crippen molar-refractivity contribution in [3.8, 4) is 11.5 Å². The molecular weight excluding hydrogens is 424 g/mol. The average molecular weight is 445 g/mol. The van der Waals surface area contributed by atoms with E-state index in [0.29, 0.717) is 15.8 Å². The van der Waals surface area contributed by atoms with Gasteiger partial charge in [-0.05, 0) is 12.1 Å². The molecule has 28 heavy (non-hydrogen) atoms. The Morgan fingerprint density at radius 1 is 1.36 bits per heavy atom. The summed E-state index contributed by atoms with van der Waals surface area (Å²) in [4.78, 5) is 12.4. The smallest absolute Gasteiger partial charge is 0.246 e. The Bertz CT molecular complexity index is 946. The lowest BCUT2D eigenvalue weighted by molar-refractivity contribution is -0.114. The summed E-state index contributed by atoms with van der Waals surface area (Å²) in [5, 5.41) is 10.7. The molecule has 1 aromatic carbocycles. The van der Waals surface area contributed by atoms with Crippen LogP contribution in [0.5, 0.6) is 11.5 Å². The zero-order valence-electron chi connectivity index (χ0n) is 15.5. The van der Waals surface area contributed by atoms with Gasteiger partial charge in [0.2, 0.25) is 21.1 Å². The molecule has 0 radical (unpaired) electrons. The average Bonchev–Trinajstić information content (AvgIpc) is 3.10. The van der Waals surface area contributed by atoms with Crippen molar-refractivity contribution in [2.75, 3.05) is 42.4 Å². The number of benzene rings is 1. The van der Waals surface area contributed by atoms with Crippen LogP contribution in [0.4, 0.5) is 10.8 Å². The number of aromatic nitrogens is 2. The number of nitrogens with one attached hydrogen (secondary N) is 1. The van der Waals surface area contributed by atoms with Crippen LogP contribution < -0.4 is 19.1 Å². The quantitative estimate of drug-likeness (QED) is 0.337. The maximum absolute atomic E-state index is 12.4. The number of carbonyl (C=O) groups is 1. The highest BCUT2D eigenvalue weighted by Gasteiger charge is 2.25. The highest BCUT2D eigenvalue weighted by Crippen LogP contribution is 2.33. The fraction of sp³-hybridized carbons (Fsp3) is 0.312. The molecule has 0 aliphatic rings. The molecule has 0 unspecified atom stereocenters. The Labute approximate surface area is 171 Å². The highest BCUT2D eigenvalue weighted by molar-refractivity contribution is 8.01. The zero-order valence-corrected chi connectivity index (χ0v) is 18.0. The van der Waals surface area contributed by atoms with Crippen molar-refractivity contribution in [3.63, 3.8) is 0 Å². The molecule has 0 aliphatic carbocycles. The number of carbonyl (C=O) groups excluding carboxylic acids is 1. The van der Waals surface area contributed by atoms with Gasteiger partial charge in [0.1, 0.15) is 18.0 Å². The molecule has 0 fully saturated rings. The molecule has 0 spiro atoms. The van der Waals surface area contributed by atoms with Crippen LogP contribution in [0.15, 0.2) is 35.2 Å². The second-order valence-electron chi connectivity index (χ2n) is 5.33. The predicted octanol–water partition coefficient (Wildman–Crippen LogP) is 2.24. The number of sulfonamides is 1. The summed E-state index contributed by atoms with van der Waals surface area (Å²) in [6.45, 7) is 3.18. The molecule has 2 aromatic rings. The third-order valence-corrected chi connectivity index (χ3v) is 6.41. The van der Waals surface area contributed by atoms with E-state index in [1.54, 1.807) is 18.2 Å². The number of rotatable bonds is 10. The normalized spacial score (nSPS) is 11.0. The number of hydrogen-bond acceptors (Lipinski definition) is 9. The summed E-state index contributed by atoms with van der Waals surface area (Å²) in [5.74, 6) is 0.870. The number of nitrogens with zero attached hydrogens (tertiary/aromatic N) is 3. The van der Waals surface area contributed by atoms with E-state index in [4.69, 9.17) is 9.47 Å². The standard InChI is InChI=1S/C16H20N4O5S3/c1-5-8-26-16-19-18-15(27-16)17-14(21)10-20(28(4,22)23)12-7-6-11(24-2)9-13(12)25-3/h5-7,9H,1,8,10H2,2-4H3,(H,17,18,21). The highest BCUT2D eigenvalue weighted by atomic mass is 32.2. The number of anilines is 2. The number of hydrogen-bond donors (Lipinski definition) is 1. The van der Waals surface area contributed by atoms with Gasteiger partial charge in [-0.2, -0.15) is 0 Å². The van der Waals surface area contributed by atoms with Crippen molar-refractivity contribution < 1.29 is 22.7 Å². The van der Waals surface area contributed by atoms with Gasteiger partial charge in [0.05, 0.1) is 26.2 Å². The molecule has 1 heterocycles. The summed E-state index contributed by atoms with van der Waals surface area (Å²) in [6, 6.07) is 4.64. The van der Waals surface area contributed by atoms with E-state index in [9.17, 15) is 13.2 Å². The molecular formula is C16H20N4O5S3. The second-order valence-corrected chi connectivity index (χ2v) is 9.48. The van der Waals surface area contributed by atoms with E-state index in [1.165, 1.54) is 43.4 Å². The van der Waals surface area contributed by atoms with Crippen LogP contribution >= 0.6 is 23.1 Å². The summed E-state index contributed by atoms with van der Waals surface area (Å²) < 4.78 is 36.6. The molecule has 2 rings (SSSR count). The zero-order chi connectivity index (χ0) is 20.7. The maximum Gasteiger partial charge on any atom is 0.246 e. The van der Waals surface area contributed by atoms with E-state index in [-0.39, 0.29) is 16.6 Å². The molecule has 0 saturated carbocycles. The molecule has 12 heteroatoms. The third kappa shape index (κ3) is 5.84. The van der Waals surface area contributed by atoms with Gasteiger partial charge >= 0.3 is 0 Å². The minimum Gasteiger partial charge on any atom is -0.497 e. The molecule has 9 nitrogen and oxygen atoms in total. The van der Waals surface area contributed by atoms with E-state index < -0.39 is 22.5 Å². The summed E-state index contributed by atoms with van der Waals surface area (Å²) in [6.07, 6.45) is 2.75. The van der Waals surface area contributed by atoms with Gasteiger partial charge in [-0.25, -0.2) is 8.42 Å². The van der Waals surface area contributed by atoms with Gasteiger partial charge in [0.25, 0.3) is 0 Å². The molecule has 0 atom stereocenters. The van der Waals surface area contributed by atoms with Crippen molar-refractivity contribution in [1.29, 1.82) is 0 Å².